The highest BCUT2D eigenvalue weighted by Gasteiger charge is 2.38. The molecule has 0 radical (unpaired) electrons. The molecule has 0 spiro atoms. The molecular formula is C24H20N2O2. The van der Waals surface area contributed by atoms with Crippen molar-refractivity contribution in [2.75, 3.05) is 5.32 Å². The zero-order valence-corrected chi connectivity index (χ0v) is 15.3. The minimum atomic E-state index is -0.349. The van der Waals surface area contributed by atoms with Crippen molar-refractivity contribution in [1.29, 1.82) is 0 Å². The number of nitro groups is 1. The van der Waals surface area contributed by atoms with E-state index < -0.39 is 0 Å². The third kappa shape index (κ3) is 2.78. The standard InChI is InChI=1S/C24H20N2O2/c27-26(28)19-12-9-17(10-13-19)24-21-8-4-7-20(21)22-15-18(11-14-23(22)25-24)16-5-2-1-3-6-16/h1-7,9-15,20-21,24-25H,8H2/t20-,21+,24+/m1/s1. The molecule has 138 valence electrons. The van der Waals surface area contributed by atoms with E-state index in [9.17, 15) is 10.1 Å². The van der Waals surface area contributed by atoms with E-state index in [0.29, 0.717) is 11.8 Å². The van der Waals surface area contributed by atoms with Gasteiger partial charge in [0.25, 0.3) is 5.69 Å². The molecule has 0 bridgehead atoms. The van der Waals surface area contributed by atoms with Crippen LogP contribution in [0.4, 0.5) is 11.4 Å². The third-order valence-electron chi connectivity index (χ3n) is 5.93. The lowest BCUT2D eigenvalue weighted by atomic mass is 9.76. The van der Waals surface area contributed by atoms with Crippen molar-refractivity contribution in [3.63, 3.8) is 0 Å². The van der Waals surface area contributed by atoms with Gasteiger partial charge in [-0.3, -0.25) is 10.1 Å². The van der Waals surface area contributed by atoms with Crippen molar-refractivity contribution in [3.05, 3.63) is 106 Å². The SMILES string of the molecule is O=[N+]([O-])c1ccc([C@@H]2Nc3ccc(-c4ccccc4)cc3[C@@H]3C=CC[C@@H]32)cc1. The highest BCUT2D eigenvalue weighted by Crippen LogP contribution is 2.50. The minimum Gasteiger partial charge on any atom is -0.378 e. The van der Waals surface area contributed by atoms with E-state index in [4.69, 9.17) is 0 Å². The topological polar surface area (TPSA) is 55.2 Å². The number of nitrogens with one attached hydrogen (secondary N) is 1. The van der Waals surface area contributed by atoms with Gasteiger partial charge in [0.1, 0.15) is 0 Å². The first-order valence-corrected chi connectivity index (χ1v) is 9.57. The van der Waals surface area contributed by atoms with Crippen molar-refractivity contribution in [2.24, 2.45) is 5.92 Å². The summed E-state index contributed by atoms with van der Waals surface area (Å²) in [6, 6.07) is 24.2. The Bertz CT molecular complexity index is 1060. The van der Waals surface area contributed by atoms with Crippen LogP contribution in [0.2, 0.25) is 0 Å². The third-order valence-corrected chi connectivity index (χ3v) is 5.93. The Labute approximate surface area is 163 Å². The maximum absolute atomic E-state index is 11.0. The van der Waals surface area contributed by atoms with E-state index in [1.807, 2.05) is 18.2 Å². The van der Waals surface area contributed by atoms with E-state index in [1.54, 1.807) is 12.1 Å². The Hall–Kier alpha value is -3.40. The van der Waals surface area contributed by atoms with E-state index in [-0.39, 0.29) is 16.7 Å². The molecule has 0 amide bonds. The number of hydrogen-bond acceptors (Lipinski definition) is 3. The van der Waals surface area contributed by atoms with Gasteiger partial charge in [-0.2, -0.15) is 0 Å². The van der Waals surface area contributed by atoms with Crippen LogP contribution in [0.15, 0.2) is 84.9 Å². The van der Waals surface area contributed by atoms with Crippen LogP contribution in [-0.2, 0) is 0 Å². The van der Waals surface area contributed by atoms with Gasteiger partial charge in [0.15, 0.2) is 0 Å². The molecule has 0 saturated heterocycles. The maximum Gasteiger partial charge on any atom is 0.269 e. The van der Waals surface area contributed by atoms with Crippen LogP contribution in [-0.4, -0.2) is 4.92 Å². The van der Waals surface area contributed by atoms with Crippen LogP contribution in [0, 0.1) is 16.0 Å². The molecule has 3 aromatic carbocycles. The lowest BCUT2D eigenvalue weighted by molar-refractivity contribution is -0.384. The van der Waals surface area contributed by atoms with Crippen LogP contribution in [0.5, 0.6) is 0 Å². The first kappa shape index (κ1) is 16.8. The van der Waals surface area contributed by atoms with Crippen molar-refractivity contribution in [2.45, 2.75) is 18.4 Å². The van der Waals surface area contributed by atoms with Gasteiger partial charge in [-0.05, 0) is 46.7 Å². The fourth-order valence-corrected chi connectivity index (χ4v) is 4.54. The van der Waals surface area contributed by atoms with Gasteiger partial charge in [-0.25, -0.2) is 0 Å². The Kier molecular flexibility index (Phi) is 3.97. The molecule has 1 N–H and O–H groups in total. The molecule has 4 heteroatoms. The summed E-state index contributed by atoms with van der Waals surface area (Å²) in [5.41, 5.74) is 6.17. The fourth-order valence-electron chi connectivity index (χ4n) is 4.54. The summed E-state index contributed by atoms with van der Waals surface area (Å²) in [6.07, 6.45) is 5.59. The summed E-state index contributed by atoms with van der Waals surface area (Å²) >= 11 is 0. The number of rotatable bonds is 3. The van der Waals surface area contributed by atoms with E-state index >= 15 is 0 Å². The summed E-state index contributed by atoms with van der Waals surface area (Å²) in [6.45, 7) is 0. The number of non-ortho nitro benzene ring substituents is 1. The predicted octanol–water partition coefficient (Wildman–Crippen LogP) is 6.09. The molecule has 0 saturated carbocycles. The van der Waals surface area contributed by atoms with Gasteiger partial charge < -0.3 is 5.32 Å². The molecular weight excluding hydrogens is 348 g/mol. The summed E-state index contributed by atoms with van der Waals surface area (Å²) in [4.78, 5) is 10.6. The number of hydrogen-bond donors (Lipinski definition) is 1. The van der Waals surface area contributed by atoms with Gasteiger partial charge in [-0.15, -0.1) is 0 Å². The molecule has 2 aliphatic rings. The summed E-state index contributed by atoms with van der Waals surface area (Å²) in [5.74, 6) is 0.778. The predicted molar refractivity (Wildman–Crippen MR) is 111 cm³/mol. The normalized spacial score (nSPS) is 22.2. The molecule has 3 atom stereocenters. The maximum atomic E-state index is 11.0. The number of benzene rings is 3. The molecule has 0 fully saturated rings. The monoisotopic (exact) mass is 368 g/mol. The Balaban J connectivity index is 1.52. The zero-order valence-electron chi connectivity index (χ0n) is 15.3. The van der Waals surface area contributed by atoms with Crippen LogP contribution < -0.4 is 5.32 Å². The van der Waals surface area contributed by atoms with E-state index in [1.165, 1.54) is 16.7 Å². The van der Waals surface area contributed by atoms with Crippen molar-refractivity contribution < 1.29 is 4.92 Å². The van der Waals surface area contributed by atoms with Gasteiger partial charge in [-0.1, -0.05) is 60.7 Å². The lowest BCUT2D eigenvalue weighted by Crippen LogP contribution is -2.29. The van der Waals surface area contributed by atoms with Crippen molar-refractivity contribution in [1.82, 2.24) is 0 Å². The minimum absolute atomic E-state index is 0.133. The average Bonchev–Trinajstić information content (AvgIpc) is 3.24. The largest absolute Gasteiger partial charge is 0.378 e. The second-order valence-corrected chi connectivity index (χ2v) is 7.49. The molecule has 4 nitrogen and oxygen atoms in total. The van der Waals surface area contributed by atoms with Gasteiger partial charge >= 0.3 is 0 Å². The second-order valence-electron chi connectivity index (χ2n) is 7.49. The number of fused-ring (bicyclic) bond motifs is 3. The molecule has 0 unspecified atom stereocenters. The number of anilines is 1. The van der Waals surface area contributed by atoms with Crippen LogP contribution >= 0.6 is 0 Å². The quantitative estimate of drug-likeness (QED) is 0.346. The molecule has 1 aliphatic heterocycles. The van der Waals surface area contributed by atoms with Crippen LogP contribution in [0.1, 0.15) is 29.5 Å². The average molecular weight is 368 g/mol. The first-order chi connectivity index (χ1) is 13.7. The number of nitro benzene ring substituents is 1. The molecule has 0 aromatic heterocycles. The zero-order chi connectivity index (χ0) is 19.1. The first-order valence-electron chi connectivity index (χ1n) is 9.57. The van der Waals surface area contributed by atoms with Crippen LogP contribution in [0.3, 0.4) is 0 Å². The molecule has 5 rings (SSSR count). The molecule has 1 heterocycles. The summed E-state index contributed by atoms with van der Waals surface area (Å²) in [5, 5.41) is 14.7. The van der Waals surface area contributed by atoms with Gasteiger partial charge in [0.2, 0.25) is 0 Å². The Morgan fingerprint density at radius 1 is 0.929 bits per heavy atom. The van der Waals surface area contributed by atoms with Crippen molar-refractivity contribution in [3.8, 4) is 11.1 Å². The fraction of sp³-hybridized carbons (Fsp3) is 0.167. The number of nitrogens with zero attached hydrogens (tertiary/aromatic N) is 1. The van der Waals surface area contributed by atoms with Crippen LogP contribution in [0.25, 0.3) is 11.1 Å². The van der Waals surface area contributed by atoms with E-state index in [0.717, 1.165) is 17.7 Å². The highest BCUT2D eigenvalue weighted by molar-refractivity contribution is 5.71. The molecule has 3 aromatic rings. The highest BCUT2D eigenvalue weighted by atomic mass is 16.6. The molecule has 28 heavy (non-hydrogen) atoms. The number of allylic oxidation sites excluding steroid dienone is 2. The second kappa shape index (κ2) is 6.64. The summed E-state index contributed by atoms with van der Waals surface area (Å²) < 4.78 is 0. The van der Waals surface area contributed by atoms with Gasteiger partial charge in [0, 0.05) is 23.7 Å². The van der Waals surface area contributed by atoms with Gasteiger partial charge in [0.05, 0.1) is 11.0 Å². The summed E-state index contributed by atoms with van der Waals surface area (Å²) in [7, 11) is 0. The lowest BCUT2D eigenvalue weighted by Gasteiger charge is -2.37. The smallest absolute Gasteiger partial charge is 0.269 e. The molecule has 1 aliphatic carbocycles. The Morgan fingerprint density at radius 3 is 2.46 bits per heavy atom. The van der Waals surface area contributed by atoms with E-state index in [2.05, 4.69) is 59.9 Å². The van der Waals surface area contributed by atoms with Crippen molar-refractivity contribution >= 4 is 11.4 Å². The Morgan fingerprint density at radius 2 is 1.71 bits per heavy atom.